The van der Waals surface area contributed by atoms with Crippen LogP contribution in [0.2, 0.25) is 0 Å². The molecule has 1 aromatic carbocycles. The first kappa shape index (κ1) is 22.5. The van der Waals surface area contributed by atoms with Crippen LogP contribution in [0.1, 0.15) is 18.9 Å². The lowest BCUT2D eigenvalue weighted by Crippen LogP contribution is -2.49. The molecule has 1 aliphatic rings. The van der Waals surface area contributed by atoms with E-state index in [1.54, 1.807) is 18.3 Å². The molecule has 0 atom stereocenters. The maximum atomic E-state index is 13.1. The number of hydrogen-bond acceptors (Lipinski definition) is 4. The topological polar surface area (TPSA) is 64.1 Å². The molecule has 0 saturated carbocycles. The molecule has 8 heteroatoms. The number of piperazine rings is 1. The molecular weight excluding hydrogens is 395 g/mol. The predicted molar refractivity (Wildman–Crippen MR) is 121 cm³/mol. The molecule has 2 heterocycles. The third-order valence-corrected chi connectivity index (χ3v) is 5.22. The van der Waals surface area contributed by atoms with Crippen molar-refractivity contribution in [2.75, 3.05) is 51.2 Å². The molecule has 1 amide bonds. The van der Waals surface area contributed by atoms with Crippen molar-refractivity contribution in [3.8, 4) is 0 Å². The molecule has 0 radical (unpaired) electrons. The van der Waals surface area contributed by atoms with Crippen molar-refractivity contribution in [1.29, 1.82) is 0 Å². The highest BCUT2D eigenvalue weighted by Crippen LogP contribution is 2.13. The van der Waals surface area contributed by atoms with Crippen molar-refractivity contribution in [2.45, 2.75) is 19.9 Å². The lowest BCUT2D eigenvalue weighted by molar-refractivity contribution is -0.131. The predicted octanol–water partition coefficient (Wildman–Crippen LogP) is 2.36. The Labute approximate surface area is 183 Å². The van der Waals surface area contributed by atoms with Gasteiger partial charge in [0, 0.05) is 58.9 Å². The van der Waals surface area contributed by atoms with Crippen LogP contribution in [0.25, 0.3) is 0 Å². The molecule has 3 rings (SSSR count). The molecular formula is C23H31FN6O. The number of nitrogens with one attached hydrogen (secondary N) is 1. The molecule has 0 bridgehead atoms. The normalized spacial score (nSPS) is 14.5. The Morgan fingerprint density at radius 1 is 1.16 bits per heavy atom. The highest BCUT2D eigenvalue weighted by Gasteiger charge is 2.21. The molecule has 7 nitrogen and oxygen atoms in total. The number of rotatable bonds is 7. The van der Waals surface area contributed by atoms with Crippen molar-refractivity contribution in [3.05, 3.63) is 60.0 Å². The molecule has 1 aromatic heterocycles. The first-order chi connectivity index (χ1) is 15.1. The number of aromatic nitrogens is 1. The standard InChI is InChI=1S/C23H31FN6O/c1-3-25-23(28(2)18-19-7-9-20(24)10-8-19)27-13-11-22(31)30-16-14-29(15-17-30)21-6-4-5-12-26-21/h4-10,12H,3,11,13-18H2,1-2H3,(H,25,27). The van der Waals surface area contributed by atoms with Crippen LogP contribution in [0, 0.1) is 5.82 Å². The number of nitrogens with zero attached hydrogens (tertiary/aromatic N) is 5. The van der Waals surface area contributed by atoms with Gasteiger partial charge in [-0.15, -0.1) is 0 Å². The van der Waals surface area contributed by atoms with Gasteiger partial charge in [-0.05, 0) is 36.8 Å². The number of halogens is 1. The second kappa shape index (κ2) is 11.3. The van der Waals surface area contributed by atoms with Gasteiger partial charge in [0.25, 0.3) is 0 Å². The van der Waals surface area contributed by atoms with E-state index in [1.165, 1.54) is 12.1 Å². The number of hydrogen-bond donors (Lipinski definition) is 1. The maximum absolute atomic E-state index is 13.1. The van der Waals surface area contributed by atoms with Gasteiger partial charge in [0.2, 0.25) is 5.91 Å². The molecule has 0 aliphatic carbocycles. The van der Waals surface area contributed by atoms with Gasteiger partial charge in [-0.3, -0.25) is 9.79 Å². The minimum atomic E-state index is -0.244. The number of carbonyl (C=O) groups is 1. The highest BCUT2D eigenvalue weighted by molar-refractivity contribution is 5.81. The van der Waals surface area contributed by atoms with Crippen LogP contribution >= 0.6 is 0 Å². The van der Waals surface area contributed by atoms with Crippen molar-refractivity contribution in [1.82, 2.24) is 20.1 Å². The molecule has 1 fully saturated rings. The molecule has 2 aromatic rings. The first-order valence-electron chi connectivity index (χ1n) is 10.7. The van der Waals surface area contributed by atoms with Gasteiger partial charge in [-0.2, -0.15) is 0 Å². The van der Waals surface area contributed by atoms with E-state index >= 15 is 0 Å². The van der Waals surface area contributed by atoms with E-state index in [0.29, 0.717) is 32.6 Å². The van der Waals surface area contributed by atoms with Crippen molar-refractivity contribution in [3.63, 3.8) is 0 Å². The second-order valence-corrected chi connectivity index (χ2v) is 7.52. The number of pyridine rings is 1. The zero-order valence-electron chi connectivity index (χ0n) is 18.3. The molecule has 1 aliphatic heterocycles. The van der Waals surface area contributed by atoms with Crippen LogP contribution in [0.4, 0.5) is 10.2 Å². The van der Waals surface area contributed by atoms with E-state index in [4.69, 9.17) is 0 Å². The molecule has 31 heavy (non-hydrogen) atoms. The number of anilines is 1. The molecule has 166 valence electrons. The van der Waals surface area contributed by atoms with E-state index < -0.39 is 0 Å². The van der Waals surface area contributed by atoms with E-state index in [9.17, 15) is 9.18 Å². The Bertz CT molecular complexity index is 850. The number of benzene rings is 1. The number of aliphatic imine (C=N–C) groups is 1. The van der Waals surface area contributed by atoms with Gasteiger partial charge in [-0.1, -0.05) is 18.2 Å². The quantitative estimate of drug-likeness (QED) is 0.544. The van der Waals surface area contributed by atoms with Gasteiger partial charge >= 0.3 is 0 Å². The smallest absolute Gasteiger partial charge is 0.224 e. The summed E-state index contributed by atoms with van der Waals surface area (Å²) >= 11 is 0. The summed E-state index contributed by atoms with van der Waals surface area (Å²) in [7, 11) is 1.93. The number of amides is 1. The Kier molecular flexibility index (Phi) is 8.20. The fraction of sp³-hybridized carbons (Fsp3) is 0.435. The monoisotopic (exact) mass is 426 g/mol. The van der Waals surface area contributed by atoms with Crippen LogP contribution in [0.5, 0.6) is 0 Å². The highest BCUT2D eigenvalue weighted by atomic mass is 19.1. The zero-order valence-corrected chi connectivity index (χ0v) is 18.3. The van der Waals surface area contributed by atoms with Gasteiger partial charge in [0.15, 0.2) is 5.96 Å². The van der Waals surface area contributed by atoms with Gasteiger partial charge in [0.1, 0.15) is 11.6 Å². The number of guanidine groups is 1. The summed E-state index contributed by atoms with van der Waals surface area (Å²) in [6, 6.07) is 12.3. The van der Waals surface area contributed by atoms with Gasteiger partial charge in [-0.25, -0.2) is 9.37 Å². The van der Waals surface area contributed by atoms with E-state index in [-0.39, 0.29) is 11.7 Å². The maximum Gasteiger partial charge on any atom is 0.224 e. The van der Waals surface area contributed by atoms with Crippen LogP contribution in [-0.4, -0.2) is 73.0 Å². The molecule has 0 spiro atoms. The van der Waals surface area contributed by atoms with Crippen molar-refractivity contribution >= 4 is 17.7 Å². The average molecular weight is 427 g/mol. The fourth-order valence-electron chi connectivity index (χ4n) is 3.55. The first-order valence-corrected chi connectivity index (χ1v) is 10.7. The Balaban J connectivity index is 1.47. The van der Waals surface area contributed by atoms with Crippen molar-refractivity contribution < 1.29 is 9.18 Å². The van der Waals surface area contributed by atoms with E-state index in [0.717, 1.165) is 37.0 Å². The minimum absolute atomic E-state index is 0.126. The zero-order chi connectivity index (χ0) is 22.1. The van der Waals surface area contributed by atoms with Gasteiger partial charge < -0.3 is 20.0 Å². The third kappa shape index (κ3) is 6.67. The van der Waals surface area contributed by atoms with Gasteiger partial charge in [0.05, 0.1) is 6.54 Å². The summed E-state index contributed by atoms with van der Waals surface area (Å²) in [6.45, 7) is 6.74. The summed E-state index contributed by atoms with van der Waals surface area (Å²) in [5, 5.41) is 3.25. The summed E-state index contributed by atoms with van der Waals surface area (Å²) < 4.78 is 13.1. The largest absolute Gasteiger partial charge is 0.357 e. The van der Waals surface area contributed by atoms with E-state index in [2.05, 4.69) is 20.2 Å². The average Bonchev–Trinajstić information content (AvgIpc) is 2.80. The summed E-state index contributed by atoms with van der Waals surface area (Å²) in [6.07, 6.45) is 2.17. The SMILES string of the molecule is CCNC(=NCCC(=O)N1CCN(c2ccccn2)CC1)N(C)Cc1ccc(F)cc1. The summed E-state index contributed by atoms with van der Waals surface area (Å²) in [4.78, 5) is 27.7. The molecule has 0 unspecified atom stereocenters. The molecule has 1 N–H and O–H groups in total. The third-order valence-electron chi connectivity index (χ3n) is 5.22. The molecule has 1 saturated heterocycles. The van der Waals surface area contributed by atoms with Crippen LogP contribution < -0.4 is 10.2 Å². The fourth-order valence-corrected chi connectivity index (χ4v) is 3.55. The number of carbonyl (C=O) groups excluding carboxylic acids is 1. The van der Waals surface area contributed by atoms with Crippen LogP contribution in [-0.2, 0) is 11.3 Å². The summed E-state index contributed by atoms with van der Waals surface area (Å²) in [5.41, 5.74) is 0.997. The lowest BCUT2D eigenvalue weighted by atomic mass is 10.2. The minimum Gasteiger partial charge on any atom is -0.357 e. The lowest BCUT2D eigenvalue weighted by Gasteiger charge is -2.35. The Morgan fingerprint density at radius 2 is 1.90 bits per heavy atom. The van der Waals surface area contributed by atoms with Crippen molar-refractivity contribution in [2.24, 2.45) is 4.99 Å². The summed E-state index contributed by atoms with van der Waals surface area (Å²) in [5.74, 6) is 1.58. The van der Waals surface area contributed by atoms with E-state index in [1.807, 2.05) is 42.0 Å². The Morgan fingerprint density at radius 3 is 2.55 bits per heavy atom. The van der Waals surface area contributed by atoms with Crippen LogP contribution in [0.3, 0.4) is 0 Å². The second-order valence-electron chi connectivity index (χ2n) is 7.52. The van der Waals surface area contributed by atoms with Crippen LogP contribution in [0.15, 0.2) is 53.7 Å². The Hall–Kier alpha value is -3.16.